The molecular weight excluding hydrogens is 466 g/mol. The number of ether oxygens (including phenoxy) is 2. The van der Waals surface area contributed by atoms with Gasteiger partial charge in [-0.1, -0.05) is 24.3 Å². The molecule has 10 nitrogen and oxygen atoms in total. The molecule has 0 aliphatic rings. The topological polar surface area (TPSA) is 137 Å². The number of para-hydroxylation sites is 1. The molecule has 186 valence electrons. The zero-order chi connectivity index (χ0) is 26.1. The van der Waals surface area contributed by atoms with Gasteiger partial charge in [0.15, 0.2) is 6.61 Å². The van der Waals surface area contributed by atoms with Crippen molar-refractivity contribution in [2.24, 2.45) is 0 Å². The van der Waals surface area contributed by atoms with E-state index in [9.17, 15) is 24.5 Å². The summed E-state index contributed by atoms with van der Waals surface area (Å²) in [5.41, 5.74) is 2.59. The third-order valence-corrected chi connectivity index (χ3v) is 5.03. The largest absolute Gasteiger partial charge is 0.457 e. The second-order valence-electron chi connectivity index (χ2n) is 7.91. The fourth-order valence-electron chi connectivity index (χ4n) is 3.24. The Morgan fingerprint density at radius 3 is 2.14 bits per heavy atom. The Balaban J connectivity index is 1.40. The van der Waals surface area contributed by atoms with Crippen molar-refractivity contribution in [3.63, 3.8) is 0 Å². The molecular formula is C26H25N3O7. The van der Waals surface area contributed by atoms with Gasteiger partial charge in [-0.05, 0) is 55.3 Å². The van der Waals surface area contributed by atoms with Crippen LogP contribution in [-0.2, 0) is 19.1 Å². The third-order valence-electron chi connectivity index (χ3n) is 5.03. The zero-order valence-corrected chi connectivity index (χ0v) is 19.8. The van der Waals surface area contributed by atoms with Gasteiger partial charge in [0.2, 0.25) is 5.91 Å². The van der Waals surface area contributed by atoms with Gasteiger partial charge in [-0.15, -0.1) is 0 Å². The molecule has 3 aromatic rings. The van der Waals surface area contributed by atoms with Gasteiger partial charge in [0.25, 0.3) is 11.6 Å². The normalized spacial score (nSPS) is 10.3. The van der Waals surface area contributed by atoms with E-state index in [-0.39, 0.29) is 24.2 Å². The highest BCUT2D eigenvalue weighted by Gasteiger charge is 2.13. The van der Waals surface area contributed by atoms with Crippen LogP contribution in [0.1, 0.15) is 24.0 Å². The number of anilines is 2. The fourth-order valence-corrected chi connectivity index (χ4v) is 3.24. The van der Waals surface area contributed by atoms with E-state index in [4.69, 9.17) is 9.47 Å². The Morgan fingerprint density at radius 2 is 1.47 bits per heavy atom. The summed E-state index contributed by atoms with van der Waals surface area (Å²) in [6, 6.07) is 18.1. The number of carbonyl (C=O) groups excluding carboxylic acids is 3. The number of esters is 1. The average molecular weight is 492 g/mol. The van der Waals surface area contributed by atoms with Crippen molar-refractivity contribution in [1.29, 1.82) is 0 Å². The number of nitrogens with one attached hydrogen (secondary N) is 2. The third kappa shape index (κ3) is 7.66. The van der Waals surface area contributed by atoms with E-state index in [2.05, 4.69) is 10.6 Å². The van der Waals surface area contributed by atoms with E-state index in [0.29, 0.717) is 11.4 Å². The van der Waals surface area contributed by atoms with Crippen molar-refractivity contribution in [1.82, 2.24) is 0 Å². The molecule has 0 saturated heterocycles. The summed E-state index contributed by atoms with van der Waals surface area (Å²) in [5, 5.41) is 15.9. The average Bonchev–Trinajstić information content (AvgIpc) is 2.85. The van der Waals surface area contributed by atoms with Crippen LogP contribution >= 0.6 is 0 Å². The number of nitro benzene ring substituents is 1. The Labute approximate surface area is 207 Å². The maximum atomic E-state index is 12.2. The number of nitro groups is 1. The smallest absolute Gasteiger partial charge is 0.306 e. The number of hydrogen-bond acceptors (Lipinski definition) is 7. The van der Waals surface area contributed by atoms with E-state index in [1.54, 1.807) is 24.3 Å². The molecule has 0 spiro atoms. The van der Waals surface area contributed by atoms with Gasteiger partial charge in [0, 0.05) is 29.9 Å². The first kappa shape index (κ1) is 25.9. The number of benzene rings is 3. The lowest BCUT2D eigenvalue weighted by molar-refractivity contribution is -0.384. The number of amides is 2. The monoisotopic (exact) mass is 491 g/mol. The minimum Gasteiger partial charge on any atom is -0.457 e. The number of carbonyl (C=O) groups is 3. The van der Waals surface area contributed by atoms with Crippen LogP contribution in [0, 0.1) is 24.0 Å². The zero-order valence-electron chi connectivity index (χ0n) is 19.8. The molecule has 10 heteroatoms. The van der Waals surface area contributed by atoms with E-state index < -0.39 is 29.3 Å². The number of hydrogen-bond donors (Lipinski definition) is 2. The van der Waals surface area contributed by atoms with Gasteiger partial charge >= 0.3 is 5.97 Å². The molecule has 0 fully saturated rings. The SMILES string of the molecule is Cc1cccc(C)c1Oc1ccc(NC(=O)CCC(=O)OCC(=O)Nc2cccc([N+](=O)[O-])c2)cc1. The highest BCUT2D eigenvalue weighted by Crippen LogP contribution is 2.29. The van der Waals surface area contributed by atoms with Crippen molar-refractivity contribution in [2.45, 2.75) is 26.7 Å². The van der Waals surface area contributed by atoms with Gasteiger partial charge in [0.1, 0.15) is 11.5 Å². The maximum Gasteiger partial charge on any atom is 0.306 e. The number of non-ortho nitro benzene ring substituents is 1. The molecule has 0 aliphatic carbocycles. The second kappa shape index (κ2) is 12.1. The number of nitrogens with zero attached hydrogens (tertiary/aromatic N) is 1. The van der Waals surface area contributed by atoms with Gasteiger partial charge in [-0.25, -0.2) is 0 Å². The highest BCUT2D eigenvalue weighted by molar-refractivity contribution is 5.94. The van der Waals surface area contributed by atoms with Crippen LogP contribution < -0.4 is 15.4 Å². The van der Waals surface area contributed by atoms with Crippen molar-refractivity contribution >= 4 is 34.8 Å². The first-order valence-electron chi connectivity index (χ1n) is 11.0. The predicted molar refractivity (Wildman–Crippen MR) is 133 cm³/mol. The van der Waals surface area contributed by atoms with E-state index in [1.807, 2.05) is 32.0 Å². The summed E-state index contributed by atoms with van der Waals surface area (Å²) in [6.45, 7) is 3.35. The van der Waals surface area contributed by atoms with Gasteiger partial charge < -0.3 is 20.1 Å². The fraction of sp³-hybridized carbons (Fsp3) is 0.192. The van der Waals surface area contributed by atoms with Crippen molar-refractivity contribution in [2.75, 3.05) is 17.2 Å². The highest BCUT2D eigenvalue weighted by atomic mass is 16.6. The van der Waals surface area contributed by atoms with Crippen LogP contribution in [0.15, 0.2) is 66.7 Å². The predicted octanol–water partition coefficient (Wildman–Crippen LogP) is 4.90. The molecule has 3 aromatic carbocycles. The van der Waals surface area contributed by atoms with E-state index in [0.717, 1.165) is 16.9 Å². The van der Waals surface area contributed by atoms with Crippen molar-refractivity contribution in [3.8, 4) is 11.5 Å². The molecule has 0 saturated carbocycles. The molecule has 2 amide bonds. The molecule has 0 aliphatic heterocycles. The minimum atomic E-state index is -0.725. The van der Waals surface area contributed by atoms with Crippen LogP contribution in [0.5, 0.6) is 11.5 Å². The minimum absolute atomic E-state index is 0.133. The summed E-state index contributed by atoms with van der Waals surface area (Å²) in [4.78, 5) is 46.2. The van der Waals surface area contributed by atoms with Crippen molar-refractivity contribution < 1.29 is 28.8 Å². The number of aryl methyl sites for hydroxylation is 2. The van der Waals surface area contributed by atoms with Gasteiger partial charge in [-0.3, -0.25) is 24.5 Å². The maximum absolute atomic E-state index is 12.2. The van der Waals surface area contributed by atoms with Crippen LogP contribution in [0.4, 0.5) is 17.1 Å². The Bertz CT molecular complexity index is 1250. The lowest BCUT2D eigenvalue weighted by atomic mass is 10.1. The first-order chi connectivity index (χ1) is 17.2. The van der Waals surface area contributed by atoms with Crippen molar-refractivity contribution in [3.05, 3.63) is 88.0 Å². The van der Waals surface area contributed by atoms with Crippen LogP contribution in [0.2, 0.25) is 0 Å². The molecule has 2 N–H and O–H groups in total. The van der Waals surface area contributed by atoms with E-state index >= 15 is 0 Å². The molecule has 0 heterocycles. The summed E-state index contributed by atoms with van der Waals surface area (Å²) >= 11 is 0. The molecule has 0 unspecified atom stereocenters. The lowest BCUT2D eigenvalue weighted by Gasteiger charge is -2.12. The summed E-state index contributed by atoms with van der Waals surface area (Å²) < 4.78 is 10.8. The quantitative estimate of drug-likeness (QED) is 0.234. The Hall–Kier alpha value is -4.73. The van der Waals surface area contributed by atoms with Crippen LogP contribution in [0.3, 0.4) is 0 Å². The Morgan fingerprint density at radius 1 is 0.833 bits per heavy atom. The standard InChI is InChI=1S/C26H25N3O7/c1-17-5-3-6-18(2)26(17)36-22-11-9-19(10-12-22)27-23(30)13-14-25(32)35-16-24(31)28-20-7-4-8-21(15-20)29(33)34/h3-12,15H,13-14,16H2,1-2H3,(H,27,30)(H,28,31). The molecule has 0 bridgehead atoms. The van der Waals surface area contributed by atoms with Gasteiger partial charge in [-0.2, -0.15) is 0 Å². The lowest BCUT2D eigenvalue weighted by Crippen LogP contribution is -2.21. The second-order valence-corrected chi connectivity index (χ2v) is 7.91. The van der Waals surface area contributed by atoms with Crippen LogP contribution in [0.25, 0.3) is 0 Å². The van der Waals surface area contributed by atoms with E-state index in [1.165, 1.54) is 24.3 Å². The molecule has 0 radical (unpaired) electrons. The summed E-state index contributed by atoms with van der Waals surface area (Å²) in [7, 11) is 0. The van der Waals surface area contributed by atoms with Gasteiger partial charge in [0.05, 0.1) is 11.3 Å². The first-order valence-corrected chi connectivity index (χ1v) is 11.0. The summed E-state index contributed by atoms with van der Waals surface area (Å²) in [6.07, 6.45) is -0.352. The molecule has 0 atom stereocenters. The van der Waals surface area contributed by atoms with Crippen LogP contribution in [-0.4, -0.2) is 29.3 Å². The number of rotatable bonds is 10. The molecule has 0 aromatic heterocycles. The molecule has 3 rings (SSSR count). The Kier molecular flexibility index (Phi) is 8.71. The molecule has 36 heavy (non-hydrogen) atoms. The summed E-state index contributed by atoms with van der Waals surface area (Å²) in [5.74, 6) is -0.367.